The van der Waals surface area contributed by atoms with Crippen LogP contribution in [0.5, 0.6) is 0 Å². The number of para-hydroxylation sites is 1. The van der Waals surface area contributed by atoms with Crippen LogP contribution in [0.25, 0.3) is 11.0 Å². The molecule has 0 atom stereocenters. The first-order valence-corrected chi connectivity index (χ1v) is 6.52. The molecule has 0 bridgehead atoms. The van der Waals surface area contributed by atoms with Gasteiger partial charge in [-0.05, 0) is 19.4 Å². The van der Waals surface area contributed by atoms with Gasteiger partial charge in [0.2, 0.25) is 0 Å². The number of aryl methyl sites for hydroxylation is 2. The number of fused-ring (bicyclic) bond motifs is 1. The molecule has 102 valence electrons. The summed E-state index contributed by atoms with van der Waals surface area (Å²) in [7, 11) is 0. The lowest BCUT2D eigenvalue weighted by Crippen LogP contribution is -2.13. The Hall–Kier alpha value is -2.56. The van der Waals surface area contributed by atoms with Crippen molar-refractivity contribution >= 4 is 22.7 Å². The Morgan fingerprint density at radius 3 is 2.95 bits per heavy atom. The third kappa shape index (κ3) is 1.97. The molecule has 0 radical (unpaired) electrons. The van der Waals surface area contributed by atoms with E-state index in [0.29, 0.717) is 11.6 Å². The molecule has 1 amide bonds. The minimum absolute atomic E-state index is 0.266. The van der Waals surface area contributed by atoms with Gasteiger partial charge in [-0.2, -0.15) is 5.10 Å². The molecule has 1 aromatic carbocycles. The van der Waals surface area contributed by atoms with Crippen molar-refractivity contribution in [2.24, 2.45) is 0 Å². The van der Waals surface area contributed by atoms with Gasteiger partial charge in [0.15, 0.2) is 5.76 Å². The van der Waals surface area contributed by atoms with Gasteiger partial charge in [0.1, 0.15) is 11.4 Å². The van der Waals surface area contributed by atoms with Gasteiger partial charge < -0.3 is 9.73 Å². The summed E-state index contributed by atoms with van der Waals surface area (Å²) in [5, 5.41) is 10.5. The van der Waals surface area contributed by atoms with E-state index in [-0.39, 0.29) is 5.91 Å². The third-order valence-corrected chi connectivity index (χ3v) is 3.39. The SMILES string of the molecule is CCc1cn[nH]c1NC(=O)c1oc2ccccc2c1C. The number of hydrogen-bond acceptors (Lipinski definition) is 3. The second kappa shape index (κ2) is 4.85. The molecule has 3 aromatic rings. The summed E-state index contributed by atoms with van der Waals surface area (Å²) >= 11 is 0. The number of rotatable bonds is 3. The number of aromatic amines is 1. The molecular formula is C15H15N3O2. The Morgan fingerprint density at radius 1 is 1.40 bits per heavy atom. The van der Waals surface area contributed by atoms with Gasteiger partial charge in [-0.25, -0.2) is 0 Å². The number of H-pyrrole nitrogens is 1. The zero-order valence-corrected chi connectivity index (χ0v) is 11.4. The molecule has 3 rings (SSSR count). The van der Waals surface area contributed by atoms with Gasteiger partial charge >= 0.3 is 0 Å². The fraction of sp³-hybridized carbons (Fsp3) is 0.200. The predicted molar refractivity (Wildman–Crippen MR) is 76.9 cm³/mol. The summed E-state index contributed by atoms with van der Waals surface area (Å²) in [5.74, 6) is 0.692. The van der Waals surface area contributed by atoms with Gasteiger partial charge in [0, 0.05) is 16.5 Å². The minimum atomic E-state index is -0.266. The Kier molecular flexibility index (Phi) is 3.02. The fourth-order valence-electron chi connectivity index (χ4n) is 2.25. The molecule has 0 aliphatic carbocycles. The van der Waals surface area contributed by atoms with Crippen LogP contribution >= 0.6 is 0 Å². The predicted octanol–water partition coefficient (Wildman–Crippen LogP) is 3.28. The number of nitrogens with zero attached hydrogens (tertiary/aromatic N) is 1. The molecule has 0 aliphatic heterocycles. The number of nitrogens with one attached hydrogen (secondary N) is 2. The zero-order chi connectivity index (χ0) is 14.1. The summed E-state index contributed by atoms with van der Waals surface area (Å²) in [6.07, 6.45) is 2.51. The highest BCUT2D eigenvalue weighted by Gasteiger charge is 2.18. The van der Waals surface area contributed by atoms with Crippen LogP contribution in [0, 0.1) is 6.92 Å². The maximum absolute atomic E-state index is 12.3. The summed E-state index contributed by atoms with van der Waals surface area (Å²) in [4.78, 5) is 12.3. The van der Waals surface area contributed by atoms with Crippen LogP contribution in [0.1, 0.15) is 28.6 Å². The molecule has 20 heavy (non-hydrogen) atoms. The minimum Gasteiger partial charge on any atom is -0.451 e. The molecule has 5 heteroatoms. The Labute approximate surface area is 116 Å². The molecule has 0 unspecified atom stereocenters. The number of furan rings is 1. The monoisotopic (exact) mass is 269 g/mol. The highest BCUT2D eigenvalue weighted by Crippen LogP contribution is 2.25. The van der Waals surface area contributed by atoms with Crippen LogP contribution in [0.4, 0.5) is 5.82 Å². The van der Waals surface area contributed by atoms with E-state index in [1.807, 2.05) is 38.1 Å². The van der Waals surface area contributed by atoms with Gasteiger partial charge in [0.05, 0.1) is 6.20 Å². The summed E-state index contributed by atoms with van der Waals surface area (Å²) in [6, 6.07) is 7.61. The number of aromatic nitrogens is 2. The summed E-state index contributed by atoms with van der Waals surface area (Å²) in [6.45, 7) is 3.89. The van der Waals surface area contributed by atoms with E-state index in [1.165, 1.54) is 0 Å². The second-order valence-corrected chi connectivity index (χ2v) is 4.63. The van der Waals surface area contributed by atoms with Crippen LogP contribution in [0.2, 0.25) is 0 Å². The molecule has 2 N–H and O–H groups in total. The van der Waals surface area contributed by atoms with E-state index in [0.717, 1.165) is 28.5 Å². The molecule has 0 fully saturated rings. The number of hydrogen-bond donors (Lipinski definition) is 2. The Bertz CT molecular complexity index is 770. The normalized spacial score (nSPS) is 10.9. The van der Waals surface area contributed by atoms with E-state index in [9.17, 15) is 4.79 Å². The lowest BCUT2D eigenvalue weighted by atomic mass is 10.1. The average Bonchev–Trinajstić information content (AvgIpc) is 3.04. The fourth-order valence-corrected chi connectivity index (χ4v) is 2.25. The highest BCUT2D eigenvalue weighted by molar-refractivity contribution is 6.06. The highest BCUT2D eigenvalue weighted by atomic mass is 16.3. The van der Waals surface area contributed by atoms with E-state index in [1.54, 1.807) is 6.20 Å². The zero-order valence-electron chi connectivity index (χ0n) is 11.4. The van der Waals surface area contributed by atoms with E-state index in [4.69, 9.17) is 4.42 Å². The van der Waals surface area contributed by atoms with Crippen molar-refractivity contribution in [1.82, 2.24) is 10.2 Å². The maximum atomic E-state index is 12.3. The number of benzene rings is 1. The van der Waals surface area contributed by atoms with Crippen LogP contribution in [-0.2, 0) is 6.42 Å². The van der Waals surface area contributed by atoms with Gasteiger partial charge in [-0.3, -0.25) is 9.89 Å². The Morgan fingerprint density at radius 2 is 2.20 bits per heavy atom. The largest absolute Gasteiger partial charge is 0.451 e. The molecule has 5 nitrogen and oxygen atoms in total. The molecule has 2 heterocycles. The van der Waals surface area contributed by atoms with Gasteiger partial charge in [-0.1, -0.05) is 25.1 Å². The van der Waals surface area contributed by atoms with E-state index >= 15 is 0 Å². The van der Waals surface area contributed by atoms with Crippen LogP contribution in [-0.4, -0.2) is 16.1 Å². The van der Waals surface area contributed by atoms with Crippen molar-refractivity contribution in [2.45, 2.75) is 20.3 Å². The smallest absolute Gasteiger partial charge is 0.292 e. The standard InChI is InChI=1S/C15H15N3O2/c1-3-10-8-16-18-14(10)17-15(19)13-9(2)11-6-4-5-7-12(11)20-13/h4-8H,3H2,1-2H3,(H2,16,17,18,19). The summed E-state index contributed by atoms with van der Waals surface area (Å²) < 4.78 is 5.64. The number of amides is 1. The second-order valence-electron chi connectivity index (χ2n) is 4.63. The van der Waals surface area contributed by atoms with Gasteiger partial charge in [-0.15, -0.1) is 0 Å². The topological polar surface area (TPSA) is 70.9 Å². The molecule has 0 saturated heterocycles. The lowest BCUT2D eigenvalue weighted by molar-refractivity contribution is 0.0997. The third-order valence-electron chi connectivity index (χ3n) is 3.39. The number of carbonyl (C=O) groups is 1. The molecule has 0 aliphatic rings. The maximum Gasteiger partial charge on any atom is 0.292 e. The van der Waals surface area contributed by atoms with Crippen molar-refractivity contribution < 1.29 is 9.21 Å². The van der Waals surface area contributed by atoms with Crippen molar-refractivity contribution in [1.29, 1.82) is 0 Å². The number of carbonyl (C=O) groups excluding carboxylic acids is 1. The first kappa shape index (κ1) is 12.5. The lowest BCUT2D eigenvalue weighted by Gasteiger charge is -2.03. The van der Waals surface area contributed by atoms with Crippen LogP contribution in [0.15, 0.2) is 34.9 Å². The number of anilines is 1. The van der Waals surface area contributed by atoms with E-state index in [2.05, 4.69) is 15.5 Å². The van der Waals surface area contributed by atoms with E-state index < -0.39 is 0 Å². The average molecular weight is 269 g/mol. The van der Waals surface area contributed by atoms with Gasteiger partial charge in [0.25, 0.3) is 5.91 Å². The van der Waals surface area contributed by atoms with Crippen molar-refractivity contribution in [2.75, 3.05) is 5.32 Å². The van der Waals surface area contributed by atoms with Crippen LogP contribution < -0.4 is 5.32 Å². The first-order valence-electron chi connectivity index (χ1n) is 6.52. The van der Waals surface area contributed by atoms with Crippen molar-refractivity contribution in [3.63, 3.8) is 0 Å². The Balaban J connectivity index is 1.95. The quantitative estimate of drug-likeness (QED) is 0.766. The molecular weight excluding hydrogens is 254 g/mol. The van der Waals surface area contributed by atoms with Crippen molar-refractivity contribution in [3.05, 3.63) is 47.3 Å². The molecule has 2 aromatic heterocycles. The molecule has 0 spiro atoms. The molecule has 0 saturated carbocycles. The first-order chi connectivity index (χ1) is 9.70. The van der Waals surface area contributed by atoms with Crippen molar-refractivity contribution in [3.8, 4) is 0 Å². The summed E-state index contributed by atoms with van der Waals surface area (Å²) in [5.41, 5.74) is 2.53. The van der Waals surface area contributed by atoms with Crippen LogP contribution in [0.3, 0.4) is 0 Å².